The average Bonchev–Trinajstić information content (AvgIpc) is 2.19. The summed E-state index contributed by atoms with van der Waals surface area (Å²) in [5, 5.41) is 20.3. The SMILES string of the molecule is N#CCCCN1CCNCC1C(=O)O. The van der Waals surface area contributed by atoms with E-state index >= 15 is 0 Å². The van der Waals surface area contributed by atoms with E-state index in [0.717, 1.165) is 19.5 Å². The number of nitrogens with one attached hydrogen (secondary N) is 1. The van der Waals surface area contributed by atoms with Crippen molar-refractivity contribution >= 4 is 5.97 Å². The number of rotatable bonds is 4. The Morgan fingerprint density at radius 3 is 3.14 bits per heavy atom. The van der Waals surface area contributed by atoms with Gasteiger partial charge in [0.15, 0.2) is 0 Å². The van der Waals surface area contributed by atoms with Crippen LogP contribution in [0.5, 0.6) is 0 Å². The first-order valence-electron chi connectivity index (χ1n) is 4.80. The van der Waals surface area contributed by atoms with Crippen LogP contribution in [0.2, 0.25) is 0 Å². The smallest absolute Gasteiger partial charge is 0.322 e. The predicted octanol–water partition coefficient (Wildman–Crippen LogP) is -0.351. The molecule has 1 saturated heterocycles. The molecule has 14 heavy (non-hydrogen) atoms. The molecule has 0 aromatic heterocycles. The topological polar surface area (TPSA) is 76.4 Å². The third-order valence-electron chi connectivity index (χ3n) is 2.37. The number of piperazine rings is 1. The highest BCUT2D eigenvalue weighted by molar-refractivity contribution is 5.73. The highest BCUT2D eigenvalue weighted by atomic mass is 16.4. The summed E-state index contributed by atoms with van der Waals surface area (Å²) in [4.78, 5) is 12.8. The van der Waals surface area contributed by atoms with Gasteiger partial charge in [-0.1, -0.05) is 0 Å². The Balaban J connectivity index is 2.38. The summed E-state index contributed by atoms with van der Waals surface area (Å²) in [6.45, 7) is 2.78. The van der Waals surface area contributed by atoms with Crippen molar-refractivity contribution in [2.45, 2.75) is 18.9 Å². The molecule has 1 aliphatic rings. The number of nitrogens with zero attached hydrogens (tertiary/aromatic N) is 2. The van der Waals surface area contributed by atoms with Crippen molar-refractivity contribution in [3.05, 3.63) is 0 Å². The van der Waals surface area contributed by atoms with Gasteiger partial charge in [-0.2, -0.15) is 5.26 Å². The van der Waals surface area contributed by atoms with Crippen LogP contribution in [0.4, 0.5) is 0 Å². The molecule has 1 atom stereocenters. The third-order valence-corrected chi connectivity index (χ3v) is 2.37. The van der Waals surface area contributed by atoms with Gasteiger partial charge in [-0.15, -0.1) is 0 Å². The zero-order valence-corrected chi connectivity index (χ0v) is 8.07. The van der Waals surface area contributed by atoms with Crippen LogP contribution >= 0.6 is 0 Å². The number of hydrogen-bond acceptors (Lipinski definition) is 4. The summed E-state index contributed by atoms with van der Waals surface area (Å²) in [7, 11) is 0. The van der Waals surface area contributed by atoms with Crippen molar-refractivity contribution in [2.75, 3.05) is 26.2 Å². The Hall–Kier alpha value is -1.12. The molecule has 0 aromatic rings. The van der Waals surface area contributed by atoms with Gasteiger partial charge < -0.3 is 10.4 Å². The van der Waals surface area contributed by atoms with Crippen LogP contribution in [0.25, 0.3) is 0 Å². The van der Waals surface area contributed by atoms with E-state index in [1.165, 1.54) is 0 Å². The van der Waals surface area contributed by atoms with Crippen LogP contribution in [0, 0.1) is 11.3 Å². The Morgan fingerprint density at radius 1 is 1.71 bits per heavy atom. The van der Waals surface area contributed by atoms with E-state index in [1.54, 1.807) is 0 Å². The number of unbranched alkanes of at least 4 members (excludes halogenated alkanes) is 1. The van der Waals surface area contributed by atoms with Gasteiger partial charge in [0, 0.05) is 32.6 Å². The van der Waals surface area contributed by atoms with Gasteiger partial charge in [0.1, 0.15) is 6.04 Å². The van der Waals surface area contributed by atoms with E-state index in [4.69, 9.17) is 10.4 Å². The molecule has 0 saturated carbocycles. The molecular formula is C9H15N3O2. The number of carboxylic acids is 1. The number of carboxylic acid groups (broad SMARTS) is 1. The molecule has 2 N–H and O–H groups in total. The molecule has 1 aliphatic heterocycles. The minimum absolute atomic E-state index is 0.428. The summed E-state index contributed by atoms with van der Waals surface area (Å²) in [5.74, 6) is -0.783. The average molecular weight is 197 g/mol. The molecule has 5 nitrogen and oxygen atoms in total. The fourth-order valence-electron chi connectivity index (χ4n) is 1.62. The number of aliphatic carboxylic acids is 1. The van der Waals surface area contributed by atoms with Crippen molar-refractivity contribution in [3.8, 4) is 6.07 Å². The van der Waals surface area contributed by atoms with Crippen molar-refractivity contribution < 1.29 is 9.90 Å². The molecular weight excluding hydrogens is 182 g/mol. The fraction of sp³-hybridized carbons (Fsp3) is 0.778. The lowest BCUT2D eigenvalue weighted by Crippen LogP contribution is -2.55. The Kier molecular flexibility index (Phi) is 4.36. The maximum absolute atomic E-state index is 10.9. The highest BCUT2D eigenvalue weighted by Crippen LogP contribution is 2.05. The monoisotopic (exact) mass is 197 g/mol. The van der Waals surface area contributed by atoms with Gasteiger partial charge in [-0.05, 0) is 6.42 Å². The predicted molar refractivity (Wildman–Crippen MR) is 50.7 cm³/mol. The lowest BCUT2D eigenvalue weighted by molar-refractivity contribution is -0.143. The Bertz CT molecular complexity index is 237. The Morgan fingerprint density at radius 2 is 2.50 bits per heavy atom. The van der Waals surface area contributed by atoms with Gasteiger partial charge in [-0.3, -0.25) is 9.69 Å². The molecule has 0 radical (unpaired) electrons. The summed E-state index contributed by atoms with van der Waals surface area (Å²) in [6, 6.07) is 1.63. The molecule has 1 rings (SSSR count). The van der Waals surface area contributed by atoms with E-state index in [-0.39, 0.29) is 0 Å². The molecule has 78 valence electrons. The van der Waals surface area contributed by atoms with Gasteiger partial charge >= 0.3 is 5.97 Å². The molecule has 1 fully saturated rings. The zero-order chi connectivity index (χ0) is 10.4. The van der Waals surface area contributed by atoms with Gasteiger partial charge in [0.05, 0.1) is 6.07 Å². The minimum atomic E-state index is -0.783. The molecule has 0 bridgehead atoms. The molecule has 0 aromatic carbocycles. The van der Waals surface area contributed by atoms with Crippen LogP contribution in [0.1, 0.15) is 12.8 Å². The van der Waals surface area contributed by atoms with E-state index in [2.05, 4.69) is 11.4 Å². The second kappa shape index (κ2) is 5.58. The first kappa shape index (κ1) is 11.0. The second-order valence-corrected chi connectivity index (χ2v) is 3.36. The molecule has 1 unspecified atom stereocenters. The standard InChI is InChI=1S/C9H15N3O2/c10-3-1-2-5-12-6-4-11-7-8(12)9(13)14/h8,11H,1-2,4-7H2,(H,13,14). The number of carbonyl (C=O) groups is 1. The molecule has 0 amide bonds. The van der Waals surface area contributed by atoms with Crippen molar-refractivity contribution in [2.24, 2.45) is 0 Å². The van der Waals surface area contributed by atoms with E-state index < -0.39 is 12.0 Å². The molecule has 0 aliphatic carbocycles. The molecule has 5 heteroatoms. The van der Waals surface area contributed by atoms with Gasteiger partial charge in [0.2, 0.25) is 0 Å². The molecule has 1 heterocycles. The van der Waals surface area contributed by atoms with E-state index in [9.17, 15) is 4.79 Å². The lowest BCUT2D eigenvalue weighted by Gasteiger charge is -2.33. The number of hydrogen-bond donors (Lipinski definition) is 2. The lowest BCUT2D eigenvalue weighted by atomic mass is 10.1. The van der Waals surface area contributed by atoms with Crippen molar-refractivity contribution in [3.63, 3.8) is 0 Å². The summed E-state index contributed by atoms with van der Waals surface area (Å²) < 4.78 is 0. The summed E-state index contributed by atoms with van der Waals surface area (Å²) >= 11 is 0. The highest BCUT2D eigenvalue weighted by Gasteiger charge is 2.27. The summed E-state index contributed by atoms with van der Waals surface area (Å²) in [5.41, 5.74) is 0. The van der Waals surface area contributed by atoms with Gasteiger partial charge in [0.25, 0.3) is 0 Å². The third kappa shape index (κ3) is 2.98. The quantitative estimate of drug-likeness (QED) is 0.602. The molecule has 0 spiro atoms. The number of nitriles is 1. The largest absolute Gasteiger partial charge is 0.480 e. The first-order valence-corrected chi connectivity index (χ1v) is 4.80. The van der Waals surface area contributed by atoms with Gasteiger partial charge in [-0.25, -0.2) is 0 Å². The normalized spacial score (nSPS) is 22.9. The maximum atomic E-state index is 10.9. The maximum Gasteiger partial charge on any atom is 0.322 e. The second-order valence-electron chi connectivity index (χ2n) is 3.36. The van der Waals surface area contributed by atoms with Crippen LogP contribution < -0.4 is 5.32 Å². The van der Waals surface area contributed by atoms with Crippen LogP contribution in [-0.4, -0.2) is 48.2 Å². The van der Waals surface area contributed by atoms with Crippen LogP contribution in [0.3, 0.4) is 0 Å². The van der Waals surface area contributed by atoms with Crippen LogP contribution in [0.15, 0.2) is 0 Å². The fourth-order valence-corrected chi connectivity index (χ4v) is 1.62. The zero-order valence-electron chi connectivity index (χ0n) is 8.07. The summed E-state index contributed by atoms with van der Waals surface area (Å²) in [6.07, 6.45) is 1.25. The van der Waals surface area contributed by atoms with Crippen molar-refractivity contribution in [1.82, 2.24) is 10.2 Å². The van der Waals surface area contributed by atoms with E-state index in [0.29, 0.717) is 19.5 Å². The Labute approximate surface area is 83.3 Å². The van der Waals surface area contributed by atoms with E-state index in [1.807, 2.05) is 4.90 Å². The van der Waals surface area contributed by atoms with Crippen LogP contribution in [-0.2, 0) is 4.79 Å². The van der Waals surface area contributed by atoms with Crippen molar-refractivity contribution in [1.29, 1.82) is 5.26 Å². The minimum Gasteiger partial charge on any atom is -0.480 e. The first-order chi connectivity index (χ1) is 6.75.